The van der Waals surface area contributed by atoms with Gasteiger partial charge in [-0.15, -0.1) is 0 Å². The topological polar surface area (TPSA) is 73.6 Å². The molecule has 0 saturated heterocycles. The lowest BCUT2D eigenvalue weighted by molar-refractivity contribution is 0.102. The average Bonchev–Trinajstić information content (AvgIpc) is 3.22. The summed E-state index contributed by atoms with van der Waals surface area (Å²) in [6, 6.07) is 16.2. The largest absolute Gasteiger partial charge is 0.495 e. The first-order valence-electron chi connectivity index (χ1n) is 10.1. The van der Waals surface area contributed by atoms with Crippen molar-refractivity contribution in [2.75, 3.05) is 19.5 Å². The van der Waals surface area contributed by atoms with Gasteiger partial charge in [0.15, 0.2) is 5.58 Å². The molecule has 1 heterocycles. The van der Waals surface area contributed by atoms with Crippen molar-refractivity contribution in [1.82, 2.24) is 4.98 Å². The van der Waals surface area contributed by atoms with Crippen molar-refractivity contribution in [2.24, 2.45) is 0 Å². The minimum atomic E-state index is -0.329. The van der Waals surface area contributed by atoms with Crippen LogP contribution in [0.1, 0.15) is 35.7 Å². The number of fused-ring (bicyclic) bond motifs is 1. The van der Waals surface area contributed by atoms with Crippen LogP contribution in [0.3, 0.4) is 0 Å². The van der Waals surface area contributed by atoms with Crippen LogP contribution >= 0.6 is 11.6 Å². The van der Waals surface area contributed by atoms with Gasteiger partial charge in [0.2, 0.25) is 5.89 Å². The molecule has 3 aromatic carbocycles. The molecule has 0 fully saturated rings. The van der Waals surface area contributed by atoms with E-state index in [2.05, 4.69) is 24.1 Å². The standard InChI is InChI=1S/C25H23ClN2O4/c1-14(2)15-5-10-23-20(12-15)28-25(32-23)17-7-9-22(31-4)19(13-17)27-24(29)16-6-8-21(30-3)18(26)11-16/h5-14H,1-4H3,(H,27,29). The lowest BCUT2D eigenvalue weighted by atomic mass is 10.0. The van der Waals surface area contributed by atoms with Gasteiger partial charge in [-0.05, 0) is 60.0 Å². The number of nitrogens with zero attached hydrogens (tertiary/aromatic N) is 1. The second-order valence-corrected chi connectivity index (χ2v) is 8.03. The Morgan fingerprint density at radius 1 is 1.00 bits per heavy atom. The van der Waals surface area contributed by atoms with Gasteiger partial charge < -0.3 is 19.2 Å². The molecule has 0 aliphatic carbocycles. The summed E-state index contributed by atoms with van der Waals surface area (Å²) in [7, 11) is 3.06. The Labute approximate surface area is 191 Å². The molecule has 7 heteroatoms. The molecule has 4 rings (SSSR count). The average molecular weight is 451 g/mol. The number of oxazole rings is 1. The maximum atomic E-state index is 12.8. The molecule has 0 aliphatic heterocycles. The number of aromatic nitrogens is 1. The number of carbonyl (C=O) groups excluding carboxylic acids is 1. The third-order valence-electron chi connectivity index (χ3n) is 5.19. The molecule has 0 radical (unpaired) electrons. The maximum absolute atomic E-state index is 12.8. The second kappa shape index (κ2) is 8.93. The zero-order valence-corrected chi connectivity index (χ0v) is 19.0. The van der Waals surface area contributed by atoms with Crippen molar-refractivity contribution in [3.8, 4) is 23.0 Å². The molecule has 4 aromatic rings. The first kappa shape index (κ1) is 21.7. The lowest BCUT2D eigenvalue weighted by Gasteiger charge is -2.12. The molecule has 6 nitrogen and oxygen atoms in total. The summed E-state index contributed by atoms with van der Waals surface area (Å²) in [4.78, 5) is 17.5. The van der Waals surface area contributed by atoms with Crippen molar-refractivity contribution < 1.29 is 18.7 Å². The molecule has 1 N–H and O–H groups in total. The number of hydrogen-bond acceptors (Lipinski definition) is 5. The van der Waals surface area contributed by atoms with Crippen molar-refractivity contribution >= 4 is 34.3 Å². The Morgan fingerprint density at radius 2 is 1.75 bits per heavy atom. The Balaban J connectivity index is 1.66. The fourth-order valence-electron chi connectivity index (χ4n) is 3.37. The zero-order valence-electron chi connectivity index (χ0n) is 18.2. The monoisotopic (exact) mass is 450 g/mol. The minimum absolute atomic E-state index is 0.329. The lowest BCUT2D eigenvalue weighted by Crippen LogP contribution is -2.12. The van der Waals surface area contributed by atoms with E-state index in [1.807, 2.05) is 24.3 Å². The number of halogens is 1. The molecular formula is C25H23ClN2O4. The Bertz CT molecular complexity index is 1300. The third-order valence-corrected chi connectivity index (χ3v) is 5.48. The highest BCUT2D eigenvalue weighted by molar-refractivity contribution is 6.32. The predicted octanol–water partition coefficient (Wildman–Crippen LogP) is 6.54. The number of hydrogen-bond donors (Lipinski definition) is 1. The van der Waals surface area contributed by atoms with Crippen molar-refractivity contribution in [3.63, 3.8) is 0 Å². The fraction of sp³-hybridized carbons (Fsp3) is 0.200. The summed E-state index contributed by atoms with van der Waals surface area (Å²) in [6.45, 7) is 4.27. The highest BCUT2D eigenvalue weighted by atomic mass is 35.5. The third kappa shape index (κ3) is 4.27. The number of nitrogens with one attached hydrogen (secondary N) is 1. The van der Waals surface area contributed by atoms with Crippen LogP contribution < -0.4 is 14.8 Å². The van der Waals surface area contributed by atoms with Crippen LogP contribution in [0.25, 0.3) is 22.6 Å². The molecule has 1 aromatic heterocycles. The fourth-order valence-corrected chi connectivity index (χ4v) is 3.63. The van der Waals surface area contributed by atoms with Gasteiger partial charge in [-0.2, -0.15) is 0 Å². The molecule has 1 amide bonds. The first-order chi connectivity index (χ1) is 15.4. The smallest absolute Gasteiger partial charge is 0.255 e. The number of anilines is 1. The Morgan fingerprint density at radius 3 is 2.44 bits per heavy atom. The summed E-state index contributed by atoms with van der Waals surface area (Å²) in [5, 5.41) is 3.23. The number of methoxy groups -OCH3 is 2. The quantitative estimate of drug-likeness (QED) is 0.361. The highest BCUT2D eigenvalue weighted by Crippen LogP contribution is 2.33. The van der Waals surface area contributed by atoms with E-state index in [0.717, 1.165) is 11.1 Å². The van der Waals surface area contributed by atoms with E-state index in [9.17, 15) is 4.79 Å². The molecule has 164 valence electrons. The van der Waals surface area contributed by atoms with E-state index in [1.54, 1.807) is 37.4 Å². The van der Waals surface area contributed by atoms with E-state index < -0.39 is 0 Å². The van der Waals surface area contributed by atoms with E-state index >= 15 is 0 Å². The number of amides is 1. The van der Waals surface area contributed by atoms with Gasteiger partial charge in [-0.1, -0.05) is 31.5 Å². The van der Waals surface area contributed by atoms with E-state index in [1.165, 1.54) is 12.7 Å². The minimum Gasteiger partial charge on any atom is -0.495 e. The molecule has 0 bridgehead atoms. The Kier molecular flexibility index (Phi) is 6.06. The van der Waals surface area contributed by atoms with Crippen LogP contribution in [0.4, 0.5) is 5.69 Å². The van der Waals surface area contributed by atoms with E-state index in [0.29, 0.717) is 45.2 Å². The van der Waals surface area contributed by atoms with Gasteiger partial charge in [-0.3, -0.25) is 4.79 Å². The van der Waals surface area contributed by atoms with Crippen LogP contribution in [0, 0.1) is 0 Å². The number of benzene rings is 3. The van der Waals surface area contributed by atoms with E-state index in [4.69, 9.17) is 25.5 Å². The van der Waals surface area contributed by atoms with Gasteiger partial charge in [0, 0.05) is 11.1 Å². The van der Waals surface area contributed by atoms with Crippen molar-refractivity contribution in [2.45, 2.75) is 19.8 Å². The summed E-state index contributed by atoms with van der Waals surface area (Å²) in [6.07, 6.45) is 0. The van der Waals surface area contributed by atoms with Gasteiger partial charge in [-0.25, -0.2) is 4.98 Å². The number of rotatable bonds is 6. The molecule has 32 heavy (non-hydrogen) atoms. The Hall–Kier alpha value is -3.51. The first-order valence-corrected chi connectivity index (χ1v) is 10.5. The van der Waals surface area contributed by atoms with Crippen molar-refractivity contribution in [3.05, 3.63) is 70.7 Å². The summed E-state index contributed by atoms with van der Waals surface area (Å²) < 4.78 is 16.5. The second-order valence-electron chi connectivity index (χ2n) is 7.62. The molecular weight excluding hydrogens is 428 g/mol. The normalized spacial score (nSPS) is 11.1. The maximum Gasteiger partial charge on any atom is 0.255 e. The molecule has 0 aliphatic rings. The van der Waals surface area contributed by atoms with E-state index in [-0.39, 0.29) is 5.91 Å². The summed E-state index contributed by atoms with van der Waals surface area (Å²) in [5.74, 6) is 1.55. The van der Waals surface area contributed by atoms with Crippen molar-refractivity contribution in [1.29, 1.82) is 0 Å². The molecule has 0 unspecified atom stereocenters. The number of carbonyl (C=O) groups is 1. The number of ether oxygens (including phenoxy) is 2. The predicted molar refractivity (Wildman–Crippen MR) is 126 cm³/mol. The van der Waals surface area contributed by atoms with Crippen LogP contribution in [0.15, 0.2) is 59.0 Å². The summed E-state index contributed by atoms with van der Waals surface area (Å²) in [5.41, 5.74) is 4.30. The molecule has 0 atom stereocenters. The molecule has 0 spiro atoms. The van der Waals surface area contributed by atoms with Gasteiger partial charge >= 0.3 is 0 Å². The van der Waals surface area contributed by atoms with Gasteiger partial charge in [0.1, 0.15) is 17.0 Å². The SMILES string of the molecule is COc1ccc(C(=O)Nc2cc(-c3nc4cc(C(C)C)ccc4o3)ccc2OC)cc1Cl. The zero-order chi connectivity index (χ0) is 22.8. The molecule has 0 saturated carbocycles. The van der Waals surface area contributed by atoms with Gasteiger partial charge in [0.05, 0.1) is 24.9 Å². The van der Waals surface area contributed by atoms with Crippen LogP contribution in [-0.2, 0) is 0 Å². The van der Waals surface area contributed by atoms with Crippen LogP contribution in [0.5, 0.6) is 11.5 Å². The van der Waals surface area contributed by atoms with Crippen LogP contribution in [0.2, 0.25) is 5.02 Å². The summed E-state index contributed by atoms with van der Waals surface area (Å²) >= 11 is 6.16. The van der Waals surface area contributed by atoms with Gasteiger partial charge in [0.25, 0.3) is 5.91 Å². The highest BCUT2D eigenvalue weighted by Gasteiger charge is 2.16. The van der Waals surface area contributed by atoms with Crippen LogP contribution in [-0.4, -0.2) is 25.1 Å².